The lowest BCUT2D eigenvalue weighted by molar-refractivity contribution is -0.129. The summed E-state index contributed by atoms with van der Waals surface area (Å²) in [5.74, 6) is -0.527. The number of benzene rings is 1. The molecule has 2 saturated heterocycles. The summed E-state index contributed by atoms with van der Waals surface area (Å²) in [6, 6.07) is 4.65. The van der Waals surface area contributed by atoms with Gasteiger partial charge in [0.1, 0.15) is 10.6 Å². The number of amides is 2. The number of hydrogen-bond donors (Lipinski definition) is 1. The first-order chi connectivity index (χ1) is 13.7. The van der Waals surface area contributed by atoms with E-state index in [4.69, 9.17) is 4.74 Å². The molecule has 1 N–H and O–H groups in total. The molecule has 2 aliphatic heterocycles. The standard InChI is InChI=1S/C20H29N3O5S/c1-14(2)23-13-15(11-19(23)24)20(25)21-16-7-8-17(28-3)18(12-16)29(26,27)22-9-5-4-6-10-22/h7-8,12,14-15H,4-6,9-11,13H2,1-3H3,(H,21,25)/t15-/m1/s1. The lowest BCUT2D eigenvalue weighted by Gasteiger charge is -2.26. The monoisotopic (exact) mass is 423 g/mol. The molecule has 8 nitrogen and oxygen atoms in total. The Labute approximate surface area is 172 Å². The molecule has 1 aromatic carbocycles. The molecule has 2 fully saturated rings. The Morgan fingerprint density at radius 3 is 2.48 bits per heavy atom. The third-order valence-electron chi connectivity index (χ3n) is 5.52. The fourth-order valence-corrected chi connectivity index (χ4v) is 5.55. The Hall–Kier alpha value is -2.13. The Bertz CT molecular complexity index is 878. The van der Waals surface area contributed by atoms with Crippen molar-refractivity contribution >= 4 is 27.5 Å². The number of anilines is 1. The van der Waals surface area contributed by atoms with Gasteiger partial charge in [-0.3, -0.25) is 9.59 Å². The van der Waals surface area contributed by atoms with Crippen molar-refractivity contribution < 1.29 is 22.7 Å². The van der Waals surface area contributed by atoms with Crippen molar-refractivity contribution in [1.29, 1.82) is 0 Å². The zero-order valence-corrected chi connectivity index (χ0v) is 18.0. The molecule has 0 spiro atoms. The van der Waals surface area contributed by atoms with Crippen LogP contribution in [0, 0.1) is 5.92 Å². The minimum Gasteiger partial charge on any atom is -0.495 e. The molecular weight excluding hydrogens is 394 g/mol. The van der Waals surface area contributed by atoms with E-state index < -0.39 is 15.9 Å². The van der Waals surface area contributed by atoms with Gasteiger partial charge in [-0.1, -0.05) is 6.42 Å². The van der Waals surface area contributed by atoms with Crippen molar-refractivity contribution in [2.75, 3.05) is 32.1 Å². The highest BCUT2D eigenvalue weighted by Crippen LogP contribution is 2.31. The molecule has 2 heterocycles. The molecule has 3 rings (SSSR count). The fourth-order valence-electron chi connectivity index (χ4n) is 3.85. The number of carbonyl (C=O) groups is 2. The van der Waals surface area contributed by atoms with Gasteiger partial charge in [0, 0.05) is 37.8 Å². The highest BCUT2D eigenvalue weighted by Gasteiger charge is 2.36. The van der Waals surface area contributed by atoms with Crippen LogP contribution in [0.5, 0.6) is 5.75 Å². The molecule has 0 aliphatic carbocycles. The Balaban J connectivity index is 1.80. The molecule has 0 radical (unpaired) electrons. The van der Waals surface area contributed by atoms with Crippen LogP contribution in [0.2, 0.25) is 0 Å². The number of rotatable bonds is 6. The summed E-state index contributed by atoms with van der Waals surface area (Å²) in [6.07, 6.45) is 2.85. The summed E-state index contributed by atoms with van der Waals surface area (Å²) < 4.78 is 32.9. The molecule has 1 atom stereocenters. The number of piperidine rings is 1. The highest BCUT2D eigenvalue weighted by atomic mass is 32.2. The normalized spacial score (nSPS) is 20.9. The number of hydrogen-bond acceptors (Lipinski definition) is 5. The van der Waals surface area contributed by atoms with Crippen LogP contribution in [0.4, 0.5) is 5.69 Å². The minimum absolute atomic E-state index is 0.0387. The van der Waals surface area contributed by atoms with Gasteiger partial charge in [-0.25, -0.2) is 8.42 Å². The summed E-state index contributed by atoms with van der Waals surface area (Å²) in [5.41, 5.74) is 0.377. The van der Waals surface area contributed by atoms with E-state index in [0.29, 0.717) is 25.3 Å². The molecule has 0 saturated carbocycles. The van der Waals surface area contributed by atoms with Crippen molar-refractivity contribution in [3.05, 3.63) is 18.2 Å². The third kappa shape index (κ3) is 4.56. The Morgan fingerprint density at radius 1 is 1.21 bits per heavy atom. The molecule has 9 heteroatoms. The van der Waals surface area contributed by atoms with E-state index in [2.05, 4.69) is 5.32 Å². The summed E-state index contributed by atoms with van der Waals surface area (Å²) in [6.45, 7) is 5.17. The van der Waals surface area contributed by atoms with Crippen molar-refractivity contribution in [1.82, 2.24) is 9.21 Å². The van der Waals surface area contributed by atoms with E-state index >= 15 is 0 Å². The van der Waals surface area contributed by atoms with Crippen LogP contribution in [0.15, 0.2) is 23.1 Å². The van der Waals surface area contributed by atoms with Crippen LogP contribution in [-0.2, 0) is 19.6 Å². The van der Waals surface area contributed by atoms with Crippen molar-refractivity contribution in [2.45, 2.75) is 50.5 Å². The third-order valence-corrected chi connectivity index (χ3v) is 7.44. The van der Waals surface area contributed by atoms with Gasteiger partial charge < -0.3 is 15.0 Å². The molecule has 160 valence electrons. The predicted octanol–water partition coefficient (Wildman–Crippen LogP) is 2.07. The second-order valence-electron chi connectivity index (χ2n) is 7.86. The molecule has 1 aromatic rings. The van der Waals surface area contributed by atoms with Gasteiger partial charge in [0.25, 0.3) is 0 Å². The van der Waals surface area contributed by atoms with Crippen LogP contribution < -0.4 is 10.1 Å². The fraction of sp³-hybridized carbons (Fsp3) is 0.600. The van der Waals surface area contributed by atoms with Gasteiger partial charge in [-0.2, -0.15) is 4.31 Å². The molecule has 0 unspecified atom stereocenters. The second-order valence-corrected chi connectivity index (χ2v) is 9.77. The number of sulfonamides is 1. The number of likely N-dealkylation sites (tertiary alicyclic amines) is 1. The van der Waals surface area contributed by atoms with Gasteiger partial charge in [-0.15, -0.1) is 0 Å². The Morgan fingerprint density at radius 2 is 1.90 bits per heavy atom. The predicted molar refractivity (Wildman–Crippen MR) is 109 cm³/mol. The summed E-state index contributed by atoms with van der Waals surface area (Å²) in [7, 11) is -2.29. The van der Waals surface area contributed by atoms with E-state index in [0.717, 1.165) is 19.3 Å². The van der Waals surface area contributed by atoms with E-state index in [-0.39, 0.29) is 34.9 Å². The van der Waals surface area contributed by atoms with Crippen molar-refractivity contribution in [3.8, 4) is 5.75 Å². The zero-order valence-electron chi connectivity index (χ0n) is 17.2. The molecule has 0 bridgehead atoms. The Kier molecular flexibility index (Phi) is 6.48. The second kappa shape index (κ2) is 8.71. The van der Waals surface area contributed by atoms with Gasteiger partial charge in [0.05, 0.1) is 13.0 Å². The lowest BCUT2D eigenvalue weighted by Crippen LogP contribution is -2.36. The molecule has 0 aromatic heterocycles. The number of carbonyl (C=O) groups excluding carboxylic acids is 2. The first-order valence-electron chi connectivity index (χ1n) is 10.0. The molecule has 2 aliphatic rings. The van der Waals surface area contributed by atoms with E-state index in [9.17, 15) is 18.0 Å². The number of nitrogens with zero attached hydrogens (tertiary/aromatic N) is 2. The molecular formula is C20H29N3O5S. The maximum atomic E-state index is 13.1. The van der Waals surface area contributed by atoms with Gasteiger partial charge in [0.15, 0.2) is 0 Å². The number of nitrogens with one attached hydrogen (secondary N) is 1. The van der Waals surface area contributed by atoms with Crippen molar-refractivity contribution in [3.63, 3.8) is 0 Å². The van der Waals surface area contributed by atoms with Crippen LogP contribution in [0.3, 0.4) is 0 Å². The number of methoxy groups -OCH3 is 1. The minimum atomic E-state index is -3.72. The first-order valence-corrected chi connectivity index (χ1v) is 11.5. The van der Waals surface area contributed by atoms with E-state index in [1.807, 2.05) is 13.8 Å². The summed E-state index contributed by atoms with van der Waals surface area (Å²) in [4.78, 5) is 26.5. The van der Waals surface area contributed by atoms with Gasteiger partial charge in [0.2, 0.25) is 21.8 Å². The first kappa shape index (κ1) is 21.6. The summed E-state index contributed by atoms with van der Waals surface area (Å²) in [5, 5.41) is 2.77. The smallest absolute Gasteiger partial charge is 0.246 e. The van der Waals surface area contributed by atoms with Gasteiger partial charge >= 0.3 is 0 Å². The maximum absolute atomic E-state index is 13.1. The zero-order chi connectivity index (χ0) is 21.2. The molecule has 29 heavy (non-hydrogen) atoms. The molecule has 2 amide bonds. The average molecular weight is 424 g/mol. The van der Waals surface area contributed by atoms with E-state index in [1.54, 1.807) is 17.0 Å². The average Bonchev–Trinajstić information content (AvgIpc) is 3.11. The highest BCUT2D eigenvalue weighted by molar-refractivity contribution is 7.89. The van der Waals surface area contributed by atoms with Gasteiger partial charge in [-0.05, 0) is 44.9 Å². The van der Waals surface area contributed by atoms with Crippen LogP contribution in [-0.4, -0.2) is 62.2 Å². The van der Waals surface area contributed by atoms with Crippen molar-refractivity contribution in [2.24, 2.45) is 5.92 Å². The summed E-state index contributed by atoms with van der Waals surface area (Å²) >= 11 is 0. The SMILES string of the molecule is COc1ccc(NC(=O)[C@@H]2CC(=O)N(C(C)C)C2)cc1S(=O)(=O)N1CCCCC1. The lowest BCUT2D eigenvalue weighted by atomic mass is 10.1. The van der Waals surface area contributed by atoms with Crippen LogP contribution in [0.25, 0.3) is 0 Å². The number of ether oxygens (including phenoxy) is 1. The topological polar surface area (TPSA) is 96.0 Å². The largest absolute Gasteiger partial charge is 0.495 e. The maximum Gasteiger partial charge on any atom is 0.246 e. The quantitative estimate of drug-likeness (QED) is 0.756. The van der Waals surface area contributed by atoms with Crippen LogP contribution in [0.1, 0.15) is 39.5 Å². The van der Waals surface area contributed by atoms with E-state index in [1.165, 1.54) is 17.5 Å². The van der Waals surface area contributed by atoms with Crippen LogP contribution >= 0.6 is 0 Å².